The minimum absolute atomic E-state index is 0.214. The molecule has 0 unspecified atom stereocenters. The Hall–Kier alpha value is -4.54. The van der Waals surface area contributed by atoms with Gasteiger partial charge in [0, 0.05) is 24.6 Å². The summed E-state index contributed by atoms with van der Waals surface area (Å²) in [6, 6.07) is 12.0. The molecule has 11 heteroatoms. The molecule has 3 heterocycles. The van der Waals surface area contributed by atoms with Crippen LogP contribution in [0.25, 0.3) is 11.5 Å². The van der Waals surface area contributed by atoms with Gasteiger partial charge in [0.15, 0.2) is 11.5 Å². The van der Waals surface area contributed by atoms with Gasteiger partial charge in [0.25, 0.3) is 0 Å². The van der Waals surface area contributed by atoms with E-state index in [4.69, 9.17) is 4.74 Å². The molecule has 162 valence electrons. The second-order valence-corrected chi connectivity index (χ2v) is 6.59. The highest BCUT2D eigenvalue weighted by Gasteiger charge is 2.11. The fourth-order valence-electron chi connectivity index (χ4n) is 2.85. The highest BCUT2D eigenvalue weighted by molar-refractivity contribution is 5.89. The van der Waals surface area contributed by atoms with E-state index in [1.54, 1.807) is 60.7 Å². The van der Waals surface area contributed by atoms with Crippen molar-refractivity contribution in [1.29, 1.82) is 0 Å². The van der Waals surface area contributed by atoms with Crippen LogP contribution in [-0.4, -0.2) is 48.1 Å². The van der Waals surface area contributed by atoms with Gasteiger partial charge in [0.1, 0.15) is 12.7 Å². The van der Waals surface area contributed by atoms with Gasteiger partial charge in [-0.3, -0.25) is 0 Å². The summed E-state index contributed by atoms with van der Waals surface area (Å²) in [5.74, 6) is 0.154. The molecule has 0 fully saturated rings. The van der Waals surface area contributed by atoms with Gasteiger partial charge in [0.05, 0.1) is 12.3 Å². The van der Waals surface area contributed by atoms with Gasteiger partial charge in [-0.1, -0.05) is 12.1 Å². The average Bonchev–Trinajstić information content (AvgIpc) is 3.51. The SMILES string of the molecule is CCOC(=O)c1ccn(-c2cccc(NC(=O)NCc3ccc(-n4cncn4)nc3)c2)n1. The first-order valence-electron chi connectivity index (χ1n) is 9.80. The van der Waals surface area contributed by atoms with E-state index in [9.17, 15) is 9.59 Å². The maximum Gasteiger partial charge on any atom is 0.358 e. The van der Waals surface area contributed by atoms with Crippen LogP contribution in [0.3, 0.4) is 0 Å². The van der Waals surface area contributed by atoms with Gasteiger partial charge < -0.3 is 15.4 Å². The molecule has 3 aromatic heterocycles. The first kappa shape index (κ1) is 20.7. The maximum absolute atomic E-state index is 12.3. The second kappa shape index (κ2) is 9.51. The maximum atomic E-state index is 12.3. The Morgan fingerprint density at radius 1 is 1.12 bits per heavy atom. The van der Waals surface area contributed by atoms with Crippen LogP contribution in [0.5, 0.6) is 0 Å². The van der Waals surface area contributed by atoms with Crippen molar-refractivity contribution < 1.29 is 14.3 Å². The molecule has 0 aliphatic heterocycles. The quantitative estimate of drug-likeness (QED) is 0.429. The highest BCUT2D eigenvalue weighted by atomic mass is 16.5. The molecule has 2 N–H and O–H groups in total. The van der Waals surface area contributed by atoms with E-state index in [1.165, 1.54) is 11.0 Å². The normalized spacial score (nSPS) is 10.5. The van der Waals surface area contributed by atoms with Crippen molar-refractivity contribution in [3.63, 3.8) is 0 Å². The minimum atomic E-state index is -0.483. The third-order valence-electron chi connectivity index (χ3n) is 4.36. The minimum Gasteiger partial charge on any atom is -0.461 e. The number of rotatable bonds is 7. The molecule has 0 atom stereocenters. The van der Waals surface area contributed by atoms with Crippen LogP contribution in [0.15, 0.2) is 67.5 Å². The van der Waals surface area contributed by atoms with Crippen LogP contribution in [0.1, 0.15) is 23.0 Å². The first-order valence-corrected chi connectivity index (χ1v) is 9.80. The number of benzene rings is 1. The van der Waals surface area contributed by atoms with Crippen molar-refractivity contribution in [2.75, 3.05) is 11.9 Å². The van der Waals surface area contributed by atoms with Crippen LogP contribution in [0, 0.1) is 0 Å². The van der Waals surface area contributed by atoms with Gasteiger partial charge in [-0.15, -0.1) is 0 Å². The zero-order chi connectivity index (χ0) is 22.3. The smallest absolute Gasteiger partial charge is 0.358 e. The van der Waals surface area contributed by atoms with Crippen LogP contribution in [0.2, 0.25) is 0 Å². The van der Waals surface area contributed by atoms with Gasteiger partial charge in [0.2, 0.25) is 0 Å². The van der Waals surface area contributed by atoms with Gasteiger partial charge in [-0.25, -0.2) is 28.9 Å². The van der Waals surface area contributed by atoms with Crippen molar-refractivity contribution in [2.24, 2.45) is 0 Å². The number of nitrogens with zero attached hydrogens (tertiary/aromatic N) is 6. The Morgan fingerprint density at radius 3 is 2.78 bits per heavy atom. The molecule has 4 rings (SSSR count). The van der Waals surface area contributed by atoms with Crippen molar-refractivity contribution >= 4 is 17.7 Å². The van der Waals surface area contributed by atoms with E-state index in [2.05, 4.69) is 30.8 Å². The van der Waals surface area contributed by atoms with E-state index < -0.39 is 5.97 Å². The molecule has 0 spiro atoms. The summed E-state index contributed by atoms with van der Waals surface area (Å²) in [5, 5.41) is 13.8. The lowest BCUT2D eigenvalue weighted by Gasteiger charge is -2.09. The van der Waals surface area contributed by atoms with E-state index >= 15 is 0 Å². The number of hydrogen-bond donors (Lipinski definition) is 2. The lowest BCUT2D eigenvalue weighted by molar-refractivity contribution is 0.0519. The topological polar surface area (TPSA) is 129 Å². The lowest BCUT2D eigenvalue weighted by atomic mass is 10.2. The van der Waals surface area contributed by atoms with Crippen LogP contribution in [0.4, 0.5) is 10.5 Å². The Labute approximate surface area is 183 Å². The van der Waals surface area contributed by atoms with Crippen molar-refractivity contribution in [3.8, 4) is 11.5 Å². The Balaban J connectivity index is 1.34. The lowest BCUT2D eigenvalue weighted by Crippen LogP contribution is -2.28. The number of esters is 1. The molecule has 4 aromatic rings. The number of amides is 2. The van der Waals surface area contributed by atoms with Crippen molar-refractivity contribution in [3.05, 3.63) is 78.8 Å². The third-order valence-corrected chi connectivity index (χ3v) is 4.36. The number of ether oxygens (including phenoxy) is 1. The van der Waals surface area contributed by atoms with Gasteiger partial charge in [-0.05, 0) is 42.8 Å². The van der Waals surface area contributed by atoms with Crippen molar-refractivity contribution in [1.82, 2.24) is 34.8 Å². The van der Waals surface area contributed by atoms with Crippen LogP contribution in [-0.2, 0) is 11.3 Å². The molecule has 0 aliphatic carbocycles. The Bertz CT molecular complexity index is 1200. The molecule has 1 aromatic carbocycles. The van der Waals surface area contributed by atoms with E-state index in [0.29, 0.717) is 23.7 Å². The molecule has 0 aliphatic rings. The number of nitrogens with one attached hydrogen (secondary N) is 2. The number of aromatic nitrogens is 6. The molecular formula is C21H20N8O3. The summed E-state index contributed by atoms with van der Waals surface area (Å²) in [4.78, 5) is 32.3. The highest BCUT2D eigenvalue weighted by Crippen LogP contribution is 2.15. The van der Waals surface area contributed by atoms with E-state index in [1.807, 2.05) is 12.1 Å². The first-order chi connectivity index (χ1) is 15.6. The Morgan fingerprint density at radius 2 is 2.03 bits per heavy atom. The number of urea groups is 1. The summed E-state index contributed by atoms with van der Waals surface area (Å²) in [6.07, 6.45) is 6.31. The number of pyridine rings is 1. The monoisotopic (exact) mass is 432 g/mol. The average molecular weight is 432 g/mol. The van der Waals surface area contributed by atoms with Crippen LogP contribution < -0.4 is 10.6 Å². The Kier molecular flexibility index (Phi) is 6.16. The van der Waals surface area contributed by atoms with Crippen molar-refractivity contribution in [2.45, 2.75) is 13.5 Å². The summed E-state index contributed by atoms with van der Waals surface area (Å²) >= 11 is 0. The molecule has 0 radical (unpaired) electrons. The molecular weight excluding hydrogens is 412 g/mol. The fourth-order valence-corrected chi connectivity index (χ4v) is 2.85. The zero-order valence-electron chi connectivity index (χ0n) is 17.2. The van der Waals surface area contributed by atoms with Gasteiger partial charge in [-0.2, -0.15) is 10.2 Å². The fraction of sp³-hybridized carbons (Fsp3) is 0.143. The molecule has 0 saturated heterocycles. The van der Waals surface area contributed by atoms with Crippen LogP contribution >= 0.6 is 0 Å². The largest absolute Gasteiger partial charge is 0.461 e. The van der Waals surface area contributed by atoms with Gasteiger partial charge >= 0.3 is 12.0 Å². The molecule has 32 heavy (non-hydrogen) atoms. The number of anilines is 1. The number of hydrogen-bond acceptors (Lipinski definition) is 7. The standard InChI is InChI=1S/C21H20N8O3/c1-2-32-20(30)18-8-9-28(27-18)17-5-3-4-16(10-17)26-21(31)24-12-15-6-7-19(23-11-15)29-14-22-13-25-29/h3-11,13-14H,2,12H2,1H3,(H2,24,26,31). The predicted molar refractivity (Wildman–Crippen MR) is 115 cm³/mol. The molecule has 0 saturated carbocycles. The molecule has 2 amide bonds. The molecule has 0 bridgehead atoms. The summed E-state index contributed by atoms with van der Waals surface area (Å²) < 4.78 is 8.04. The third kappa shape index (κ3) is 4.95. The number of carbonyl (C=O) groups excluding carboxylic acids is 2. The zero-order valence-corrected chi connectivity index (χ0v) is 17.2. The molecule has 11 nitrogen and oxygen atoms in total. The van der Waals surface area contributed by atoms with E-state index in [0.717, 1.165) is 5.56 Å². The summed E-state index contributed by atoms with van der Waals surface area (Å²) in [5.41, 5.74) is 2.31. The second-order valence-electron chi connectivity index (χ2n) is 6.59. The predicted octanol–water partition coefficient (Wildman–Crippen LogP) is 2.35. The van der Waals surface area contributed by atoms with E-state index in [-0.39, 0.29) is 18.3 Å². The summed E-state index contributed by atoms with van der Waals surface area (Å²) in [7, 11) is 0. The summed E-state index contributed by atoms with van der Waals surface area (Å²) in [6.45, 7) is 2.32. The number of carbonyl (C=O) groups is 2.